The van der Waals surface area contributed by atoms with E-state index in [1.165, 1.54) is 23.2 Å². The van der Waals surface area contributed by atoms with Gasteiger partial charge in [0.05, 0.1) is 16.0 Å². The van der Waals surface area contributed by atoms with Crippen LogP contribution in [0.25, 0.3) is 0 Å². The first kappa shape index (κ1) is 25.2. The van der Waals surface area contributed by atoms with E-state index in [0.717, 1.165) is 6.07 Å². The van der Waals surface area contributed by atoms with Gasteiger partial charge in [-0.3, -0.25) is 0 Å². The number of alkyl halides is 3. The Morgan fingerprint density at radius 2 is 1.65 bits per heavy atom. The molecular formula is C21H30F3N3O3S. The summed E-state index contributed by atoms with van der Waals surface area (Å²) < 4.78 is 62.2. The zero-order valence-electron chi connectivity index (χ0n) is 18.7. The number of anilines is 1. The second kappa shape index (κ2) is 9.18. The maximum atomic E-state index is 13.7. The van der Waals surface area contributed by atoms with Crippen molar-refractivity contribution in [2.24, 2.45) is 4.40 Å². The van der Waals surface area contributed by atoms with E-state index >= 15 is 0 Å². The summed E-state index contributed by atoms with van der Waals surface area (Å²) in [6.07, 6.45) is -3.81. The maximum Gasteiger partial charge on any atom is 0.418 e. The smallest absolute Gasteiger partial charge is 0.418 e. The number of carbonyl (C=O) groups excluding carboxylic acids is 1. The number of hydrogen-bond donors (Lipinski definition) is 0. The van der Waals surface area contributed by atoms with Crippen LogP contribution < -0.4 is 4.90 Å². The SMILES string of the molecule is CC(C)(C)OC(=O)N1CCN(c2c(/C=N/[S@@](=O)C(C)(C)C)cccc2C(F)(F)F)CC1. The van der Waals surface area contributed by atoms with Gasteiger partial charge in [0, 0.05) is 38.0 Å². The van der Waals surface area contributed by atoms with E-state index in [9.17, 15) is 22.2 Å². The molecule has 0 bridgehead atoms. The lowest BCUT2D eigenvalue weighted by Gasteiger charge is -2.38. The third-order valence-electron chi connectivity index (χ3n) is 4.43. The first-order valence-electron chi connectivity index (χ1n) is 9.99. The summed E-state index contributed by atoms with van der Waals surface area (Å²) in [6.45, 7) is 11.4. The molecule has 31 heavy (non-hydrogen) atoms. The van der Waals surface area contributed by atoms with Crippen LogP contribution in [0, 0.1) is 0 Å². The molecule has 0 saturated carbocycles. The fourth-order valence-electron chi connectivity index (χ4n) is 2.95. The van der Waals surface area contributed by atoms with Crippen molar-refractivity contribution in [2.45, 2.75) is 58.1 Å². The molecule has 0 spiro atoms. The Morgan fingerprint density at radius 3 is 2.13 bits per heavy atom. The van der Waals surface area contributed by atoms with Gasteiger partial charge in [-0.15, -0.1) is 0 Å². The summed E-state index contributed by atoms with van der Waals surface area (Å²) in [5.41, 5.74) is -1.22. The van der Waals surface area contributed by atoms with Gasteiger partial charge in [0.2, 0.25) is 0 Å². The number of para-hydroxylation sites is 1. The summed E-state index contributed by atoms with van der Waals surface area (Å²) in [7, 11) is -1.60. The lowest BCUT2D eigenvalue weighted by molar-refractivity contribution is -0.137. The molecule has 174 valence electrons. The summed E-state index contributed by atoms with van der Waals surface area (Å²) in [4.78, 5) is 15.3. The van der Waals surface area contributed by atoms with Crippen LogP contribution in [0.3, 0.4) is 0 Å². The zero-order chi connectivity index (χ0) is 23.6. The zero-order valence-corrected chi connectivity index (χ0v) is 19.6. The van der Waals surface area contributed by atoms with Gasteiger partial charge in [-0.05, 0) is 47.6 Å². The molecule has 0 aliphatic carbocycles. The number of piperazine rings is 1. The number of carbonyl (C=O) groups is 1. The Morgan fingerprint density at radius 1 is 1.06 bits per heavy atom. The van der Waals surface area contributed by atoms with Crippen molar-refractivity contribution in [2.75, 3.05) is 31.1 Å². The molecule has 1 fully saturated rings. The molecule has 1 aromatic carbocycles. The number of hydrogen-bond acceptors (Lipinski definition) is 4. The Kier molecular flexibility index (Phi) is 7.45. The highest BCUT2D eigenvalue weighted by Gasteiger charge is 2.37. The van der Waals surface area contributed by atoms with Crippen molar-refractivity contribution in [3.8, 4) is 0 Å². The molecule has 1 aliphatic rings. The van der Waals surface area contributed by atoms with E-state index in [0.29, 0.717) is 0 Å². The third-order valence-corrected chi connectivity index (χ3v) is 5.78. The minimum absolute atomic E-state index is 0.0199. The van der Waals surface area contributed by atoms with Gasteiger partial charge in [-0.2, -0.15) is 17.6 Å². The van der Waals surface area contributed by atoms with Crippen LogP contribution in [0.4, 0.5) is 23.7 Å². The molecule has 0 N–H and O–H groups in total. The number of nitrogens with zero attached hydrogens (tertiary/aromatic N) is 3. The standard InChI is InChI=1S/C21H30F3N3O3S/c1-19(2,3)30-18(28)27-12-10-26(11-13-27)17-15(14-25-31(29)20(4,5)6)8-7-9-16(17)21(22,23)24/h7-9,14H,10-13H2,1-6H3/b25-14+/t31-/m0/s1. The van der Waals surface area contributed by atoms with Gasteiger partial charge >= 0.3 is 12.3 Å². The molecule has 10 heteroatoms. The average Bonchev–Trinajstić information content (AvgIpc) is 2.63. The molecular weight excluding hydrogens is 431 g/mol. The summed E-state index contributed by atoms with van der Waals surface area (Å²) in [6, 6.07) is 3.85. The van der Waals surface area contributed by atoms with E-state index in [1.807, 2.05) is 0 Å². The summed E-state index contributed by atoms with van der Waals surface area (Å²) >= 11 is 0. The van der Waals surface area contributed by atoms with Crippen molar-refractivity contribution >= 4 is 29.0 Å². The van der Waals surface area contributed by atoms with Crippen molar-refractivity contribution in [3.05, 3.63) is 29.3 Å². The van der Waals surface area contributed by atoms with Crippen molar-refractivity contribution < 1.29 is 26.9 Å². The van der Waals surface area contributed by atoms with Crippen LogP contribution in [0.1, 0.15) is 52.7 Å². The minimum Gasteiger partial charge on any atom is -0.444 e. The van der Waals surface area contributed by atoms with Gasteiger partial charge in [0.25, 0.3) is 0 Å². The van der Waals surface area contributed by atoms with Crippen molar-refractivity contribution in [1.82, 2.24) is 4.90 Å². The van der Waals surface area contributed by atoms with Crippen LogP contribution in [0.2, 0.25) is 0 Å². The third kappa shape index (κ3) is 6.95. The lowest BCUT2D eigenvalue weighted by Crippen LogP contribution is -2.50. The van der Waals surface area contributed by atoms with Crippen molar-refractivity contribution in [3.63, 3.8) is 0 Å². The van der Waals surface area contributed by atoms with Crippen molar-refractivity contribution in [1.29, 1.82) is 0 Å². The predicted molar refractivity (Wildman–Crippen MR) is 117 cm³/mol. The Hall–Kier alpha value is -2.10. The van der Waals surface area contributed by atoms with E-state index in [-0.39, 0.29) is 37.4 Å². The fourth-order valence-corrected chi connectivity index (χ4v) is 3.47. The fraction of sp³-hybridized carbons (Fsp3) is 0.619. The number of ether oxygens (including phenoxy) is 1. The second-order valence-corrected chi connectivity index (χ2v) is 11.2. The second-order valence-electron chi connectivity index (χ2n) is 9.29. The number of benzene rings is 1. The molecule has 1 amide bonds. The van der Waals surface area contributed by atoms with Gasteiger partial charge in [0.15, 0.2) is 0 Å². The van der Waals surface area contributed by atoms with Gasteiger partial charge in [0.1, 0.15) is 16.6 Å². The first-order chi connectivity index (χ1) is 14.1. The normalized spacial score (nSPS) is 17.2. The highest BCUT2D eigenvalue weighted by Crippen LogP contribution is 2.38. The molecule has 0 unspecified atom stereocenters. The van der Waals surface area contributed by atoms with E-state index < -0.39 is 39.2 Å². The molecule has 1 atom stereocenters. The molecule has 1 saturated heterocycles. The largest absolute Gasteiger partial charge is 0.444 e. The summed E-state index contributed by atoms with van der Waals surface area (Å²) in [5.74, 6) is 0. The van der Waals surface area contributed by atoms with Gasteiger partial charge < -0.3 is 14.5 Å². The van der Waals surface area contributed by atoms with Crippen LogP contribution in [-0.2, 0) is 21.9 Å². The number of rotatable bonds is 3. The molecule has 1 aliphatic heterocycles. The van der Waals surface area contributed by atoms with Crippen LogP contribution >= 0.6 is 0 Å². The highest BCUT2D eigenvalue weighted by molar-refractivity contribution is 7.85. The van der Waals surface area contributed by atoms with Crippen LogP contribution in [-0.4, -0.2) is 57.9 Å². The van der Waals surface area contributed by atoms with Gasteiger partial charge in [-0.25, -0.2) is 9.00 Å². The average molecular weight is 462 g/mol. The Labute approximate surface area is 184 Å². The predicted octanol–water partition coefficient (Wildman–Crippen LogP) is 4.64. The highest BCUT2D eigenvalue weighted by atomic mass is 32.2. The number of amides is 1. The Balaban J connectivity index is 2.32. The number of halogens is 3. The van der Waals surface area contributed by atoms with E-state index in [2.05, 4.69) is 4.40 Å². The topological polar surface area (TPSA) is 62.2 Å². The molecule has 1 heterocycles. The van der Waals surface area contributed by atoms with E-state index in [4.69, 9.17) is 4.74 Å². The molecule has 1 aromatic rings. The first-order valence-corrected chi connectivity index (χ1v) is 11.1. The quantitative estimate of drug-likeness (QED) is 0.615. The van der Waals surface area contributed by atoms with Crippen LogP contribution in [0.5, 0.6) is 0 Å². The maximum absolute atomic E-state index is 13.7. The molecule has 0 aromatic heterocycles. The molecule has 2 rings (SSSR count). The van der Waals surface area contributed by atoms with E-state index in [1.54, 1.807) is 46.4 Å². The molecule has 6 nitrogen and oxygen atoms in total. The van der Waals surface area contributed by atoms with Gasteiger partial charge in [-0.1, -0.05) is 12.1 Å². The Bertz CT molecular complexity index is 850. The molecule has 0 radical (unpaired) electrons. The minimum atomic E-state index is -4.56. The van der Waals surface area contributed by atoms with Crippen LogP contribution in [0.15, 0.2) is 22.6 Å². The summed E-state index contributed by atoms with van der Waals surface area (Å²) in [5, 5.41) is 0. The monoisotopic (exact) mass is 461 g/mol. The lowest BCUT2D eigenvalue weighted by atomic mass is 10.0.